The van der Waals surface area contributed by atoms with Gasteiger partial charge in [-0.05, 0) is 18.2 Å². The van der Waals surface area contributed by atoms with Crippen LogP contribution in [0.2, 0.25) is 10.0 Å². The molecule has 0 aliphatic carbocycles. The Labute approximate surface area is 124 Å². The molecule has 0 radical (unpaired) electrons. The summed E-state index contributed by atoms with van der Waals surface area (Å²) in [6.07, 6.45) is 0. The molecule has 2 rings (SSSR count). The Morgan fingerprint density at radius 2 is 1.50 bits per heavy atom. The van der Waals surface area contributed by atoms with Crippen LogP contribution in [0, 0.1) is 0 Å². The Balaban J connectivity index is 2.63. The molecule has 0 heterocycles. The molecule has 6 heteroatoms. The fraction of sp³-hybridized carbons (Fsp3) is 0. The van der Waals surface area contributed by atoms with Gasteiger partial charge in [0.25, 0.3) is 0 Å². The van der Waals surface area contributed by atoms with Crippen LogP contribution in [0.4, 0.5) is 5.69 Å². The Morgan fingerprint density at radius 1 is 0.950 bits per heavy atom. The van der Waals surface area contributed by atoms with E-state index >= 15 is 0 Å². The van der Waals surface area contributed by atoms with Crippen molar-refractivity contribution < 1.29 is 14.7 Å². The molecule has 4 nitrogen and oxygen atoms in total. The highest BCUT2D eigenvalue weighted by Crippen LogP contribution is 2.28. The highest BCUT2D eigenvalue weighted by molar-refractivity contribution is 6.36. The topological polar surface area (TPSA) is 80.4 Å². The van der Waals surface area contributed by atoms with E-state index in [1.54, 1.807) is 12.1 Å². The maximum absolute atomic E-state index is 12.4. The van der Waals surface area contributed by atoms with E-state index in [1.165, 1.54) is 24.3 Å². The predicted octanol–water partition coefficient (Wildman–Crippen LogP) is 3.50. The van der Waals surface area contributed by atoms with Crippen LogP contribution in [-0.2, 0) is 0 Å². The van der Waals surface area contributed by atoms with Gasteiger partial charge in [-0.15, -0.1) is 0 Å². The number of carboxylic acids is 1. The molecule has 0 aliphatic heterocycles. The van der Waals surface area contributed by atoms with Crippen molar-refractivity contribution in [3.8, 4) is 0 Å². The lowest BCUT2D eigenvalue weighted by Crippen LogP contribution is -2.12. The molecule has 0 saturated heterocycles. The smallest absolute Gasteiger partial charge is 0.337 e. The van der Waals surface area contributed by atoms with Crippen molar-refractivity contribution in [3.63, 3.8) is 0 Å². The van der Waals surface area contributed by atoms with Crippen molar-refractivity contribution in [2.75, 3.05) is 5.73 Å². The molecule has 2 aromatic rings. The van der Waals surface area contributed by atoms with Crippen molar-refractivity contribution in [2.45, 2.75) is 0 Å². The Hall–Kier alpha value is -2.04. The Morgan fingerprint density at radius 3 is 2.10 bits per heavy atom. The quantitative estimate of drug-likeness (QED) is 0.671. The Kier molecular flexibility index (Phi) is 3.97. The molecular formula is C14H9Cl2NO3. The van der Waals surface area contributed by atoms with Gasteiger partial charge in [0, 0.05) is 11.1 Å². The van der Waals surface area contributed by atoms with Crippen molar-refractivity contribution in [2.24, 2.45) is 0 Å². The van der Waals surface area contributed by atoms with Crippen molar-refractivity contribution in [1.82, 2.24) is 0 Å². The van der Waals surface area contributed by atoms with Crippen LogP contribution in [0.5, 0.6) is 0 Å². The highest BCUT2D eigenvalue weighted by Gasteiger charge is 2.22. The number of ketones is 1. The van der Waals surface area contributed by atoms with Gasteiger partial charge in [0.1, 0.15) is 0 Å². The molecule has 0 amide bonds. The molecule has 0 fully saturated rings. The van der Waals surface area contributed by atoms with Crippen LogP contribution < -0.4 is 5.73 Å². The maximum Gasteiger partial charge on any atom is 0.337 e. The molecule has 3 N–H and O–H groups in total. The average Bonchev–Trinajstić information content (AvgIpc) is 2.40. The van der Waals surface area contributed by atoms with Gasteiger partial charge >= 0.3 is 5.97 Å². The second-order valence-electron chi connectivity index (χ2n) is 4.00. The fourth-order valence-electron chi connectivity index (χ4n) is 1.81. The minimum atomic E-state index is -1.28. The number of anilines is 1. The van der Waals surface area contributed by atoms with Crippen LogP contribution in [0.1, 0.15) is 26.3 Å². The summed E-state index contributed by atoms with van der Waals surface area (Å²) < 4.78 is 0. The third kappa shape index (κ3) is 2.48. The van der Waals surface area contributed by atoms with Crippen molar-refractivity contribution in [1.29, 1.82) is 0 Å². The second-order valence-corrected chi connectivity index (χ2v) is 4.81. The first-order valence-electron chi connectivity index (χ1n) is 5.54. The number of carbonyl (C=O) groups excluding carboxylic acids is 1. The number of carbonyl (C=O) groups is 2. The highest BCUT2D eigenvalue weighted by atomic mass is 35.5. The SMILES string of the molecule is Nc1c(Cl)cccc1C(=O)c1cccc(Cl)c1C(=O)O. The third-order valence-electron chi connectivity index (χ3n) is 2.77. The zero-order valence-electron chi connectivity index (χ0n) is 10.1. The van der Waals surface area contributed by atoms with Gasteiger partial charge in [0.2, 0.25) is 0 Å². The number of aromatic carboxylic acids is 1. The van der Waals surface area contributed by atoms with Gasteiger partial charge in [0.15, 0.2) is 5.78 Å². The minimum absolute atomic E-state index is 0.0102. The first-order chi connectivity index (χ1) is 9.43. The van der Waals surface area contributed by atoms with E-state index in [9.17, 15) is 14.7 Å². The summed E-state index contributed by atoms with van der Waals surface area (Å²) in [5.74, 6) is -1.82. The Bertz CT molecular complexity index is 714. The van der Waals surface area contributed by atoms with Gasteiger partial charge in [-0.2, -0.15) is 0 Å². The molecular weight excluding hydrogens is 301 g/mol. The summed E-state index contributed by atoms with van der Waals surface area (Å²) in [6.45, 7) is 0. The van der Waals surface area contributed by atoms with Crippen LogP contribution in [-0.4, -0.2) is 16.9 Å². The molecule has 0 saturated carbocycles. The number of halogens is 2. The van der Waals surface area contributed by atoms with Crippen molar-refractivity contribution in [3.05, 3.63) is 63.1 Å². The lowest BCUT2D eigenvalue weighted by molar-refractivity contribution is 0.0693. The lowest BCUT2D eigenvalue weighted by atomic mass is 9.97. The fourth-order valence-corrected chi connectivity index (χ4v) is 2.24. The summed E-state index contributed by atoms with van der Waals surface area (Å²) in [5, 5.41) is 9.39. The van der Waals surface area contributed by atoms with E-state index in [2.05, 4.69) is 0 Å². The second kappa shape index (κ2) is 5.53. The van der Waals surface area contributed by atoms with E-state index in [0.29, 0.717) is 0 Å². The molecule has 0 aromatic heterocycles. The predicted molar refractivity (Wildman–Crippen MR) is 77.7 cm³/mol. The van der Waals surface area contributed by atoms with Gasteiger partial charge in [-0.3, -0.25) is 4.79 Å². The molecule has 0 spiro atoms. The largest absolute Gasteiger partial charge is 0.478 e. The van der Waals surface area contributed by atoms with Gasteiger partial charge in [0.05, 0.1) is 21.3 Å². The third-order valence-corrected chi connectivity index (χ3v) is 3.41. The molecule has 102 valence electrons. The van der Waals surface area contributed by atoms with Gasteiger partial charge < -0.3 is 10.8 Å². The zero-order chi connectivity index (χ0) is 14.9. The molecule has 0 unspecified atom stereocenters. The first-order valence-corrected chi connectivity index (χ1v) is 6.29. The number of hydrogen-bond acceptors (Lipinski definition) is 3. The van der Waals surface area contributed by atoms with E-state index < -0.39 is 11.8 Å². The first kappa shape index (κ1) is 14.4. The van der Waals surface area contributed by atoms with Crippen LogP contribution in [0.3, 0.4) is 0 Å². The zero-order valence-corrected chi connectivity index (χ0v) is 11.6. The van der Waals surface area contributed by atoms with E-state index in [1.807, 2.05) is 0 Å². The van der Waals surface area contributed by atoms with E-state index in [4.69, 9.17) is 28.9 Å². The van der Waals surface area contributed by atoms with Crippen LogP contribution in [0.25, 0.3) is 0 Å². The number of hydrogen-bond donors (Lipinski definition) is 2. The average molecular weight is 310 g/mol. The number of nitrogen functional groups attached to an aromatic ring is 1. The minimum Gasteiger partial charge on any atom is -0.478 e. The van der Waals surface area contributed by atoms with E-state index in [-0.39, 0.29) is 32.4 Å². The summed E-state index contributed by atoms with van der Waals surface area (Å²) in [6, 6.07) is 8.89. The lowest BCUT2D eigenvalue weighted by Gasteiger charge is -2.09. The van der Waals surface area contributed by atoms with Gasteiger partial charge in [-0.1, -0.05) is 41.4 Å². The molecule has 0 bridgehead atoms. The standard InChI is InChI=1S/C14H9Cl2NO3/c15-9-5-1-3-7(11(9)14(19)20)13(18)8-4-2-6-10(16)12(8)17/h1-6H,17H2,(H,19,20). The number of benzene rings is 2. The summed E-state index contributed by atoms with van der Waals surface area (Å²) in [4.78, 5) is 23.7. The van der Waals surface area contributed by atoms with Crippen molar-refractivity contribution >= 4 is 40.6 Å². The number of rotatable bonds is 3. The van der Waals surface area contributed by atoms with E-state index in [0.717, 1.165) is 0 Å². The number of carboxylic acid groups (broad SMARTS) is 1. The van der Waals surface area contributed by atoms with Gasteiger partial charge in [-0.25, -0.2) is 4.79 Å². The molecule has 2 aromatic carbocycles. The molecule has 20 heavy (non-hydrogen) atoms. The summed E-state index contributed by atoms with van der Waals surface area (Å²) in [5.41, 5.74) is 5.72. The number of nitrogens with two attached hydrogens (primary N) is 1. The molecule has 0 atom stereocenters. The summed E-state index contributed by atoms with van der Waals surface area (Å²) in [7, 11) is 0. The normalized spacial score (nSPS) is 10.3. The maximum atomic E-state index is 12.4. The molecule has 0 aliphatic rings. The van der Waals surface area contributed by atoms with Crippen LogP contribution >= 0.6 is 23.2 Å². The monoisotopic (exact) mass is 309 g/mol. The summed E-state index contributed by atoms with van der Waals surface area (Å²) >= 11 is 11.7. The van der Waals surface area contributed by atoms with Crippen LogP contribution in [0.15, 0.2) is 36.4 Å². The number of para-hydroxylation sites is 1.